The van der Waals surface area contributed by atoms with Gasteiger partial charge in [0, 0.05) is 37.8 Å². The van der Waals surface area contributed by atoms with Crippen molar-refractivity contribution in [2.75, 3.05) is 19.6 Å². The normalized spacial score (nSPS) is 22.7. The van der Waals surface area contributed by atoms with Gasteiger partial charge in [-0.05, 0) is 18.3 Å². The Labute approximate surface area is 143 Å². The van der Waals surface area contributed by atoms with Crippen molar-refractivity contribution < 1.29 is 13.3 Å². The summed E-state index contributed by atoms with van der Waals surface area (Å²) in [6.45, 7) is 7.14. The minimum atomic E-state index is -3.64. The van der Waals surface area contributed by atoms with Gasteiger partial charge in [0.1, 0.15) is 0 Å². The predicted octanol–water partition coefficient (Wildman–Crippen LogP) is 2.64. The average Bonchev–Trinajstić information content (AvgIpc) is 2.51. The summed E-state index contributed by atoms with van der Waals surface area (Å²) in [5, 5.41) is 11.2. The molecule has 1 aliphatic rings. The fourth-order valence-corrected chi connectivity index (χ4v) is 5.17. The molecule has 0 radical (unpaired) electrons. The van der Waals surface area contributed by atoms with Crippen LogP contribution in [-0.4, -0.2) is 41.6 Å². The third-order valence-corrected chi connectivity index (χ3v) is 6.37. The first-order valence-electron chi connectivity index (χ1n) is 8.23. The summed E-state index contributed by atoms with van der Waals surface area (Å²) >= 11 is 0. The SMILES string of the molecule is CCN(Cc1ccccc1[N+](=O)[O-])S(=O)(=O)N1C[C@H](C)C[C@H](C)C1. The third kappa shape index (κ3) is 4.12. The second-order valence-corrected chi connectivity index (χ2v) is 8.51. The number of nitro groups is 1. The van der Waals surface area contributed by atoms with Gasteiger partial charge in [0.05, 0.1) is 4.92 Å². The summed E-state index contributed by atoms with van der Waals surface area (Å²) in [5.41, 5.74) is 0.359. The highest BCUT2D eigenvalue weighted by molar-refractivity contribution is 7.86. The minimum absolute atomic E-state index is 0.00918. The van der Waals surface area contributed by atoms with E-state index in [1.54, 1.807) is 25.1 Å². The standard InChI is InChI=1S/C16H25N3O4S/c1-4-17(12-15-7-5-6-8-16(15)19(20)21)24(22,23)18-10-13(2)9-14(3)11-18/h5-8,13-14H,4,9-12H2,1-3H3/t13-,14+. The molecule has 1 fully saturated rings. The molecule has 1 saturated heterocycles. The summed E-state index contributed by atoms with van der Waals surface area (Å²) in [6, 6.07) is 6.28. The van der Waals surface area contributed by atoms with Gasteiger partial charge in [-0.15, -0.1) is 0 Å². The van der Waals surface area contributed by atoms with Crippen molar-refractivity contribution in [3.8, 4) is 0 Å². The van der Waals surface area contributed by atoms with Crippen molar-refractivity contribution in [3.63, 3.8) is 0 Å². The Morgan fingerprint density at radius 2 is 1.83 bits per heavy atom. The first-order valence-corrected chi connectivity index (χ1v) is 9.62. The molecule has 2 rings (SSSR count). The van der Waals surface area contributed by atoms with Gasteiger partial charge in [-0.1, -0.05) is 39.0 Å². The first-order chi connectivity index (χ1) is 11.3. The Kier molecular flexibility index (Phi) is 5.95. The Hall–Kier alpha value is -1.51. The van der Waals surface area contributed by atoms with Crippen LogP contribution >= 0.6 is 0 Å². The molecule has 1 aromatic carbocycles. The number of piperidine rings is 1. The third-order valence-electron chi connectivity index (χ3n) is 4.38. The maximum Gasteiger partial charge on any atom is 0.282 e. The molecule has 0 bridgehead atoms. The Balaban J connectivity index is 2.26. The highest BCUT2D eigenvalue weighted by atomic mass is 32.2. The number of hydrogen-bond donors (Lipinski definition) is 0. The lowest BCUT2D eigenvalue weighted by Crippen LogP contribution is -2.49. The van der Waals surface area contributed by atoms with Crippen LogP contribution in [0.1, 0.15) is 32.8 Å². The molecular formula is C16H25N3O4S. The molecule has 1 heterocycles. The topological polar surface area (TPSA) is 83.8 Å². The number of benzene rings is 1. The molecule has 24 heavy (non-hydrogen) atoms. The first kappa shape index (κ1) is 18.8. The lowest BCUT2D eigenvalue weighted by atomic mass is 9.94. The highest BCUT2D eigenvalue weighted by Gasteiger charge is 2.34. The lowest BCUT2D eigenvalue weighted by Gasteiger charge is -2.37. The van der Waals surface area contributed by atoms with E-state index >= 15 is 0 Å². The van der Waals surface area contributed by atoms with Crippen molar-refractivity contribution in [3.05, 3.63) is 39.9 Å². The van der Waals surface area contributed by atoms with Crippen molar-refractivity contribution in [2.45, 2.75) is 33.7 Å². The minimum Gasteiger partial charge on any atom is -0.258 e. The fourth-order valence-electron chi connectivity index (χ4n) is 3.33. The molecule has 0 N–H and O–H groups in total. The van der Waals surface area contributed by atoms with Crippen LogP contribution in [0.4, 0.5) is 5.69 Å². The van der Waals surface area contributed by atoms with Crippen LogP contribution < -0.4 is 0 Å². The van der Waals surface area contributed by atoms with Crippen molar-refractivity contribution in [1.82, 2.24) is 8.61 Å². The summed E-state index contributed by atoms with van der Waals surface area (Å²) < 4.78 is 28.8. The van der Waals surface area contributed by atoms with Gasteiger partial charge in [-0.3, -0.25) is 10.1 Å². The molecule has 0 aliphatic carbocycles. The van der Waals surface area contributed by atoms with E-state index in [0.29, 0.717) is 30.5 Å². The van der Waals surface area contributed by atoms with E-state index in [1.807, 2.05) is 0 Å². The van der Waals surface area contributed by atoms with E-state index < -0.39 is 15.1 Å². The Morgan fingerprint density at radius 3 is 2.38 bits per heavy atom. The van der Waals surface area contributed by atoms with Crippen LogP contribution in [0.5, 0.6) is 0 Å². The van der Waals surface area contributed by atoms with Gasteiger partial charge in [0.15, 0.2) is 0 Å². The molecule has 134 valence electrons. The Bertz CT molecular complexity index is 682. The van der Waals surface area contributed by atoms with Crippen molar-refractivity contribution >= 4 is 15.9 Å². The van der Waals surface area contributed by atoms with Gasteiger partial charge in [-0.25, -0.2) is 0 Å². The number of para-hydroxylation sites is 1. The quantitative estimate of drug-likeness (QED) is 0.580. The molecule has 0 unspecified atom stereocenters. The van der Waals surface area contributed by atoms with E-state index in [1.165, 1.54) is 14.7 Å². The molecule has 8 heteroatoms. The summed E-state index contributed by atoms with van der Waals surface area (Å²) in [6.07, 6.45) is 1.02. The number of hydrogen-bond acceptors (Lipinski definition) is 4. The van der Waals surface area contributed by atoms with Gasteiger partial charge < -0.3 is 0 Å². The summed E-state index contributed by atoms with van der Waals surface area (Å²) in [4.78, 5) is 10.7. The zero-order valence-electron chi connectivity index (χ0n) is 14.4. The maximum absolute atomic E-state index is 13.0. The van der Waals surface area contributed by atoms with Gasteiger partial charge in [-0.2, -0.15) is 17.0 Å². The van der Waals surface area contributed by atoms with Crippen molar-refractivity contribution in [2.24, 2.45) is 11.8 Å². The van der Waals surface area contributed by atoms with Gasteiger partial charge in [0.2, 0.25) is 0 Å². The zero-order valence-corrected chi connectivity index (χ0v) is 15.2. The summed E-state index contributed by atoms with van der Waals surface area (Å²) in [7, 11) is -3.64. The van der Waals surface area contributed by atoms with Crippen LogP contribution in [0.15, 0.2) is 24.3 Å². The molecule has 0 aromatic heterocycles. The molecule has 7 nitrogen and oxygen atoms in total. The smallest absolute Gasteiger partial charge is 0.258 e. The van der Waals surface area contributed by atoms with Crippen molar-refractivity contribution in [1.29, 1.82) is 0 Å². The zero-order chi connectivity index (χ0) is 17.9. The molecule has 0 spiro atoms. The second kappa shape index (κ2) is 7.58. The van der Waals surface area contributed by atoms with E-state index in [9.17, 15) is 18.5 Å². The number of nitrogens with zero attached hydrogens (tertiary/aromatic N) is 3. The van der Waals surface area contributed by atoms with Crippen LogP contribution in [-0.2, 0) is 16.8 Å². The van der Waals surface area contributed by atoms with Crippen LogP contribution in [0.3, 0.4) is 0 Å². The maximum atomic E-state index is 13.0. The van der Waals surface area contributed by atoms with Crippen LogP contribution in [0.2, 0.25) is 0 Å². The van der Waals surface area contributed by atoms with Gasteiger partial charge >= 0.3 is 0 Å². The molecule has 1 aliphatic heterocycles. The van der Waals surface area contributed by atoms with Crippen LogP contribution in [0, 0.1) is 22.0 Å². The predicted molar refractivity (Wildman–Crippen MR) is 92.6 cm³/mol. The number of nitro benzene ring substituents is 1. The average molecular weight is 355 g/mol. The number of rotatable bonds is 6. The molecule has 0 amide bonds. The largest absolute Gasteiger partial charge is 0.282 e. The lowest BCUT2D eigenvalue weighted by molar-refractivity contribution is -0.385. The fraction of sp³-hybridized carbons (Fsp3) is 0.625. The molecule has 1 aromatic rings. The van der Waals surface area contributed by atoms with E-state index in [0.717, 1.165) is 6.42 Å². The molecule has 0 saturated carbocycles. The van der Waals surface area contributed by atoms with E-state index in [2.05, 4.69) is 13.8 Å². The Morgan fingerprint density at radius 1 is 1.25 bits per heavy atom. The highest BCUT2D eigenvalue weighted by Crippen LogP contribution is 2.27. The van der Waals surface area contributed by atoms with E-state index in [4.69, 9.17) is 0 Å². The monoisotopic (exact) mass is 355 g/mol. The van der Waals surface area contributed by atoms with Crippen LogP contribution in [0.25, 0.3) is 0 Å². The second-order valence-electron chi connectivity index (χ2n) is 6.58. The van der Waals surface area contributed by atoms with E-state index in [-0.39, 0.29) is 18.8 Å². The molecular weight excluding hydrogens is 330 g/mol. The van der Waals surface area contributed by atoms with Gasteiger partial charge in [0.25, 0.3) is 15.9 Å². The molecule has 2 atom stereocenters. The summed E-state index contributed by atoms with van der Waals surface area (Å²) in [5.74, 6) is 0.626.